The van der Waals surface area contributed by atoms with Crippen LogP contribution in [0.2, 0.25) is 0 Å². The summed E-state index contributed by atoms with van der Waals surface area (Å²) in [5.74, 6) is -0.228. The van der Waals surface area contributed by atoms with Crippen LogP contribution in [0, 0.1) is 19.7 Å². The van der Waals surface area contributed by atoms with E-state index in [0.29, 0.717) is 5.56 Å². The molecule has 2 rings (SSSR count). The van der Waals surface area contributed by atoms with Gasteiger partial charge in [0, 0.05) is 5.56 Å². The van der Waals surface area contributed by atoms with E-state index in [2.05, 4.69) is 0 Å². The van der Waals surface area contributed by atoms with Crippen molar-refractivity contribution in [3.63, 3.8) is 0 Å². The maximum atomic E-state index is 13.0. The highest BCUT2D eigenvalue weighted by Gasteiger charge is 2.06. The number of aldehydes is 1. The van der Waals surface area contributed by atoms with E-state index in [1.54, 1.807) is 12.1 Å². The van der Waals surface area contributed by atoms with Crippen LogP contribution in [0.3, 0.4) is 0 Å². The SMILES string of the molecule is Cc1cc(F)ccc1-c1ccc(C=O)cc1C. The maximum Gasteiger partial charge on any atom is 0.150 e. The molecule has 0 heterocycles. The Balaban J connectivity index is 2.56. The molecule has 0 aliphatic carbocycles. The molecule has 17 heavy (non-hydrogen) atoms. The van der Waals surface area contributed by atoms with Gasteiger partial charge in [0.25, 0.3) is 0 Å². The minimum Gasteiger partial charge on any atom is -0.298 e. The Bertz CT molecular complexity index is 573. The zero-order chi connectivity index (χ0) is 12.4. The largest absolute Gasteiger partial charge is 0.298 e. The van der Waals surface area contributed by atoms with Crippen molar-refractivity contribution in [3.8, 4) is 11.1 Å². The van der Waals surface area contributed by atoms with Crippen LogP contribution in [0.25, 0.3) is 11.1 Å². The van der Waals surface area contributed by atoms with Crippen LogP contribution in [-0.4, -0.2) is 6.29 Å². The maximum absolute atomic E-state index is 13.0. The van der Waals surface area contributed by atoms with Crippen molar-refractivity contribution in [2.75, 3.05) is 0 Å². The first-order valence-corrected chi connectivity index (χ1v) is 5.44. The number of carbonyl (C=O) groups excluding carboxylic acids is 1. The lowest BCUT2D eigenvalue weighted by Gasteiger charge is -2.09. The van der Waals surface area contributed by atoms with E-state index >= 15 is 0 Å². The summed E-state index contributed by atoms with van der Waals surface area (Å²) in [5.41, 5.74) is 4.61. The van der Waals surface area contributed by atoms with Gasteiger partial charge in [-0.05, 0) is 54.3 Å². The molecule has 0 aliphatic heterocycles. The highest BCUT2D eigenvalue weighted by atomic mass is 19.1. The first-order valence-electron chi connectivity index (χ1n) is 5.44. The van der Waals surface area contributed by atoms with Crippen molar-refractivity contribution in [1.29, 1.82) is 0 Å². The summed E-state index contributed by atoms with van der Waals surface area (Å²) in [4.78, 5) is 10.7. The van der Waals surface area contributed by atoms with E-state index in [1.165, 1.54) is 12.1 Å². The van der Waals surface area contributed by atoms with Gasteiger partial charge in [-0.25, -0.2) is 4.39 Å². The van der Waals surface area contributed by atoms with Crippen LogP contribution < -0.4 is 0 Å². The molecule has 0 saturated carbocycles. The molecule has 2 aromatic carbocycles. The smallest absolute Gasteiger partial charge is 0.150 e. The number of rotatable bonds is 2. The fourth-order valence-corrected chi connectivity index (χ4v) is 1.99. The van der Waals surface area contributed by atoms with Crippen molar-refractivity contribution in [1.82, 2.24) is 0 Å². The Kier molecular flexibility index (Phi) is 3.05. The molecule has 2 heteroatoms. The van der Waals surface area contributed by atoms with Crippen molar-refractivity contribution in [2.24, 2.45) is 0 Å². The lowest BCUT2D eigenvalue weighted by Crippen LogP contribution is -1.90. The molecule has 1 nitrogen and oxygen atoms in total. The van der Waals surface area contributed by atoms with Gasteiger partial charge < -0.3 is 0 Å². The van der Waals surface area contributed by atoms with Gasteiger partial charge in [-0.2, -0.15) is 0 Å². The molecule has 0 amide bonds. The third-order valence-corrected chi connectivity index (χ3v) is 2.87. The summed E-state index contributed by atoms with van der Waals surface area (Å²) in [7, 11) is 0. The molecule has 0 saturated heterocycles. The molecule has 0 spiro atoms. The second kappa shape index (κ2) is 4.50. The number of hydrogen-bond acceptors (Lipinski definition) is 1. The summed E-state index contributed by atoms with van der Waals surface area (Å²) >= 11 is 0. The molecule has 86 valence electrons. The molecule has 0 radical (unpaired) electrons. The lowest BCUT2D eigenvalue weighted by molar-refractivity contribution is 0.112. The minimum atomic E-state index is -0.228. The molecule has 2 aromatic rings. The Hall–Kier alpha value is -1.96. The standard InChI is InChI=1S/C15H13FO/c1-10-7-12(9-17)3-5-14(10)15-6-4-13(16)8-11(15)2/h3-9H,1-2H3. The van der Waals surface area contributed by atoms with Gasteiger partial charge in [-0.15, -0.1) is 0 Å². The van der Waals surface area contributed by atoms with Gasteiger partial charge in [0.2, 0.25) is 0 Å². The quantitative estimate of drug-likeness (QED) is 0.712. The van der Waals surface area contributed by atoms with Crippen molar-refractivity contribution >= 4 is 6.29 Å². The second-order valence-corrected chi connectivity index (χ2v) is 4.15. The average Bonchev–Trinajstić information content (AvgIpc) is 2.30. The van der Waals surface area contributed by atoms with E-state index in [1.807, 2.05) is 26.0 Å². The summed E-state index contributed by atoms with van der Waals surface area (Å²) < 4.78 is 13.0. The third-order valence-electron chi connectivity index (χ3n) is 2.87. The molecular weight excluding hydrogens is 215 g/mol. The van der Waals surface area contributed by atoms with Gasteiger partial charge in [0.15, 0.2) is 0 Å². The van der Waals surface area contributed by atoms with Crippen LogP contribution in [0.15, 0.2) is 36.4 Å². The average molecular weight is 228 g/mol. The summed E-state index contributed by atoms with van der Waals surface area (Å²) in [5, 5.41) is 0. The van der Waals surface area contributed by atoms with E-state index in [9.17, 15) is 9.18 Å². The summed E-state index contributed by atoms with van der Waals surface area (Å²) in [6, 6.07) is 10.3. The number of halogens is 1. The monoisotopic (exact) mass is 228 g/mol. The highest BCUT2D eigenvalue weighted by molar-refractivity contribution is 5.79. The van der Waals surface area contributed by atoms with Crippen molar-refractivity contribution in [2.45, 2.75) is 13.8 Å². The van der Waals surface area contributed by atoms with Crippen LogP contribution in [0.1, 0.15) is 21.5 Å². The normalized spacial score (nSPS) is 10.3. The predicted octanol–water partition coefficient (Wildman–Crippen LogP) is 3.92. The predicted molar refractivity (Wildman–Crippen MR) is 66.7 cm³/mol. The summed E-state index contributed by atoms with van der Waals surface area (Å²) in [6.45, 7) is 3.83. The van der Waals surface area contributed by atoms with Crippen molar-refractivity contribution in [3.05, 3.63) is 58.9 Å². The highest BCUT2D eigenvalue weighted by Crippen LogP contribution is 2.27. The fraction of sp³-hybridized carbons (Fsp3) is 0.133. The molecule has 0 atom stereocenters. The molecule has 0 fully saturated rings. The van der Waals surface area contributed by atoms with Gasteiger partial charge in [-0.1, -0.05) is 18.2 Å². The lowest BCUT2D eigenvalue weighted by atomic mass is 9.95. The van der Waals surface area contributed by atoms with Gasteiger partial charge >= 0.3 is 0 Å². The van der Waals surface area contributed by atoms with Crippen LogP contribution in [0.4, 0.5) is 4.39 Å². The topological polar surface area (TPSA) is 17.1 Å². The summed E-state index contributed by atoms with van der Waals surface area (Å²) in [6.07, 6.45) is 0.828. The Morgan fingerprint density at radius 1 is 0.941 bits per heavy atom. The van der Waals surface area contributed by atoms with E-state index in [0.717, 1.165) is 28.5 Å². The minimum absolute atomic E-state index is 0.228. The Morgan fingerprint density at radius 2 is 1.53 bits per heavy atom. The number of carbonyl (C=O) groups is 1. The molecule has 0 aliphatic rings. The van der Waals surface area contributed by atoms with Crippen LogP contribution in [0.5, 0.6) is 0 Å². The van der Waals surface area contributed by atoms with Crippen LogP contribution in [-0.2, 0) is 0 Å². The first-order chi connectivity index (χ1) is 8.11. The first kappa shape index (κ1) is 11.5. The van der Waals surface area contributed by atoms with E-state index in [-0.39, 0.29) is 5.82 Å². The molecular formula is C15H13FO. The van der Waals surface area contributed by atoms with E-state index in [4.69, 9.17) is 0 Å². The molecule has 0 aromatic heterocycles. The number of hydrogen-bond donors (Lipinski definition) is 0. The fourth-order valence-electron chi connectivity index (χ4n) is 1.99. The Labute approximate surface area is 99.9 Å². The molecule has 0 N–H and O–H groups in total. The van der Waals surface area contributed by atoms with Gasteiger partial charge in [0.05, 0.1) is 0 Å². The zero-order valence-corrected chi connectivity index (χ0v) is 9.83. The zero-order valence-electron chi connectivity index (χ0n) is 9.83. The molecule has 0 unspecified atom stereocenters. The van der Waals surface area contributed by atoms with Crippen molar-refractivity contribution < 1.29 is 9.18 Å². The molecule has 0 bridgehead atoms. The number of benzene rings is 2. The third kappa shape index (κ3) is 2.26. The van der Waals surface area contributed by atoms with Gasteiger partial charge in [0.1, 0.15) is 12.1 Å². The van der Waals surface area contributed by atoms with Gasteiger partial charge in [-0.3, -0.25) is 4.79 Å². The Morgan fingerprint density at radius 3 is 2.06 bits per heavy atom. The second-order valence-electron chi connectivity index (χ2n) is 4.15. The van der Waals surface area contributed by atoms with Crippen LogP contribution >= 0.6 is 0 Å². The number of aryl methyl sites for hydroxylation is 2. The van der Waals surface area contributed by atoms with E-state index < -0.39 is 0 Å².